The van der Waals surface area contributed by atoms with Crippen LogP contribution in [0.25, 0.3) is 0 Å². The van der Waals surface area contributed by atoms with Gasteiger partial charge in [0.15, 0.2) is 0 Å². The third kappa shape index (κ3) is 2.97. The molecule has 2 atom stereocenters. The van der Waals surface area contributed by atoms with Crippen LogP contribution in [-0.4, -0.2) is 16.3 Å². The fourth-order valence-electron chi connectivity index (χ4n) is 0.838. The Morgan fingerprint density at radius 2 is 2.38 bits per heavy atom. The van der Waals surface area contributed by atoms with Crippen molar-refractivity contribution >= 4 is 28.8 Å². The molecule has 1 aromatic rings. The lowest BCUT2D eigenvalue weighted by Gasteiger charge is -2.11. The number of alkyl halides is 1. The molecule has 1 heterocycles. The first kappa shape index (κ1) is 10.5. The molecule has 1 N–H and O–H groups in total. The summed E-state index contributed by atoms with van der Waals surface area (Å²) in [5.74, 6) is -0.163. The number of carbonyl (C=O) groups excluding carboxylic acids is 1. The minimum atomic E-state index is -0.498. The van der Waals surface area contributed by atoms with E-state index in [0.29, 0.717) is 0 Å². The number of amides is 1. The smallest absolute Gasteiger partial charge is 0.238 e. The topological polar surface area (TPSA) is 42.0 Å². The third-order valence-corrected chi connectivity index (χ3v) is 2.70. The van der Waals surface area contributed by atoms with Gasteiger partial charge in [0.1, 0.15) is 10.4 Å². The van der Waals surface area contributed by atoms with Crippen LogP contribution in [0.15, 0.2) is 11.6 Å². The summed E-state index contributed by atoms with van der Waals surface area (Å²) in [4.78, 5) is 15.3. The van der Waals surface area contributed by atoms with Crippen LogP contribution >= 0.6 is 22.9 Å². The monoisotopic (exact) mass is 218 g/mol. The molecule has 0 aliphatic rings. The molecule has 2 unspecified atom stereocenters. The molecule has 0 saturated heterocycles. The fourth-order valence-corrected chi connectivity index (χ4v) is 1.55. The number of hydrogen-bond acceptors (Lipinski definition) is 3. The van der Waals surface area contributed by atoms with Crippen molar-refractivity contribution in [2.75, 3.05) is 0 Å². The molecule has 0 spiro atoms. The number of nitrogens with one attached hydrogen (secondary N) is 1. The Labute approximate surface area is 86.1 Å². The lowest BCUT2D eigenvalue weighted by atomic mass is 10.3. The summed E-state index contributed by atoms with van der Waals surface area (Å²) in [7, 11) is 0. The van der Waals surface area contributed by atoms with Gasteiger partial charge in [0.05, 0.1) is 6.04 Å². The van der Waals surface area contributed by atoms with E-state index in [1.165, 1.54) is 11.3 Å². The number of aromatic nitrogens is 1. The van der Waals surface area contributed by atoms with E-state index in [0.717, 1.165) is 5.01 Å². The highest BCUT2D eigenvalue weighted by atomic mass is 35.5. The predicted octanol–water partition coefficient (Wildman–Crippen LogP) is 1.95. The maximum absolute atomic E-state index is 11.2. The van der Waals surface area contributed by atoms with E-state index in [1.807, 2.05) is 12.3 Å². The van der Waals surface area contributed by atoms with Gasteiger partial charge in [-0.15, -0.1) is 22.9 Å². The summed E-state index contributed by atoms with van der Waals surface area (Å²) in [6, 6.07) is -0.0614. The van der Waals surface area contributed by atoms with E-state index in [-0.39, 0.29) is 11.9 Å². The van der Waals surface area contributed by atoms with E-state index in [4.69, 9.17) is 11.6 Å². The van der Waals surface area contributed by atoms with E-state index in [2.05, 4.69) is 10.3 Å². The van der Waals surface area contributed by atoms with E-state index < -0.39 is 5.38 Å². The molecule has 0 fully saturated rings. The number of thiazole rings is 1. The molecular weight excluding hydrogens is 208 g/mol. The summed E-state index contributed by atoms with van der Waals surface area (Å²) in [5.41, 5.74) is 0. The van der Waals surface area contributed by atoms with Crippen LogP contribution in [0.5, 0.6) is 0 Å². The molecule has 1 amide bonds. The second-order valence-electron chi connectivity index (χ2n) is 2.72. The molecule has 0 radical (unpaired) electrons. The Bertz CT molecular complexity index is 274. The summed E-state index contributed by atoms with van der Waals surface area (Å²) >= 11 is 7.12. The van der Waals surface area contributed by atoms with Gasteiger partial charge in [-0.1, -0.05) is 0 Å². The normalized spacial score (nSPS) is 15.0. The molecule has 5 heteroatoms. The van der Waals surface area contributed by atoms with Crippen molar-refractivity contribution in [3.8, 4) is 0 Å². The second-order valence-corrected chi connectivity index (χ2v) is 4.30. The maximum Gasteiger partial charge on any atom is 0.238 e. The molecule has 1 rings (SSSR count). The number of hydrogen-bond donors (Lipinski definition) is 1. The zero-order valence-electron chi connectivity index (χ0n) is 7.45. The van der Waals surface area contributed by atoms with Gasteiger partial charge in [0.25, 0.3) is 0 Å². The van der Waals surface area contributed by atoms with Gasteiger partial charge in [-0.2, -0.15) is 0 Å². The van der Waals surface area contributed by atoms with E-state index in [1.54, 1.807) is 13.1 Å². The number of rotatable bonds is 3. The van der Waals surface area contributed by atoms with E-state index in [9.17, 15) is 4.79 Å². The Morgan fingerprint density at radius 1 is 1.69 bits per heavy atom. The molecule has 0 aliphatic heterocycles. The molecule has 72 valence electrons. The first-order valence-corrected chi connectivity index (χ1v) is 5.26. The highest BCUT2D eigenvalue weighted by molar-refractivity contribution is 7.09. The van der Waals surface area contributed by atoms with Crippen molar-refractivity contribution in [2.45, 2.75) is 25.3 Å². The van der Waals surface area contributed by atoms with Gasteiger partial charge >= 0.3 is 0 Å². The van der Waals surface area contributed by atoms with Crippen molar-refractivity contribution in [3.63, 3.8) is 0 Å². The first-order chi connectivity index (χ1) is 6.11. The molecule has 0 saturated carbocycles. The highest BCUT2D eigenvalue weighted by Gasteiger charge is 2.14. The molecule has 0 aromatic carbocycles. The van der Waals surface area contributed by atoms with Crippen LogP contribution in [0, 0.1) is 0 Å². The number of nitrogens with zero attached hydrogens (tertiary/aromatic N) is 1. The zero-order chi connectivity index (χ0) is 9.84. The van der Waals surface area contributed by atoms with Crippen LogP contribution in [-0.2, 0) is 4.79 Å². The largest absolute Gasteiger partial charge is 0.346 e. The molecule has 0 aliphatic carbocycles. The van der Waals surface area contributed by atoms with Gasteiger partial charge < -0.3 is 5.32 Å². The highest BCUT2D eigenvalue weighted by Crippen LogP contribution is 2.14. The van der Waals surface area contributed by atoms with Crippen LogP contribution in [0.1, 0.15) is 24.9 Å². The lowest BCUT2D eigenvalue weighted by molar-refractivity contribution is -0.121. The van der Waals surface area contributed by atoms with Crippen LogP contribution < -0.4 is 5.32 Å². The lowest BCUT2D eigenvalue weighted by Crippen LogP contribution is -2.31. The van der Waals surface area contributed by atoms with Gasteiger partial charge in [0.2, 0.25) is 5.91 Å². The minimum absolute atomic E-state index is 0.0614. The van der Waals surface area contributed by atoms with Gasteiger partial charge in [-0.05, 0) is 13.8 Å². The average Bonchev–Trinajstić information content (AvgIpc) is 2.55. The zero-order valence-corrected chi connectivity index (χ0v) is 9.02. The Hall–Kier alpha value is -0.610. The summed E-state index contributed by atoms with van der Waals surface area (Å²) in [6.45, 7) is 3.53. The van der Waals surface area contributed by atoms with Crippen molar-refractivity contribution < 1.29 is 4.79 Å². The summed E-state index contributed by atoms with van der Waals surface area (Å²) < 4.78 is 0. The van der Waals surface area contributed by atoms with E-state index >= 15 is 0 Å². The van der Waals surface area contributed by atoms with Crippen LogP contribution in [0.4, 0.5) is 0 Å². The quantitative estimate of drug-likeness (QED) is 0.788. The van der Waals surface area contributed by atoms with Crippen molar-refractivity contribution in [2.24, 2.45) is 0 Å². The molecule has 0 bridgehead atoms. The Balaban J connectivity index is 2.51. The van der Waals surface area contributed by atoms with Crippen molar-refractivity contribution in [1.29, 1.82) is 0 Å². The van der Waals surface area contributed by atoms with Crippen LogP contribution in [0.2, 0.25) is 0 Å². The molecule has 13 heavy (non-hydrogen) atoms. The maximum atomic E-state index is 11.2. The van der Waals surface area contributed by atoms with Gasteiger partial charge in [0, 0.05) is 11.6 Å². The predicted molar refractivity (Wildman–Crippen MR) is 54.0 cm³/mol. The Kier molecular flexibility index (Phi) is 3.69. The molecule has 3 nitrogen and oxygen atoms in total. The van der Waals surface area contributed by atoms with Crippen molar-refractivity contribution in [1.82, 2.24) is 10.3 Å². The SMILES string of the molecule is CC(Cl)C(=O)NC(C)c1nccs1. The van der Waals surface area contributed by atoms with Gasteiger partial charge in [-0.3, -0.25) is 4.79 Å². The molecular formula is C8H11ClN2OS. The molecule has 1 aromatic heterocycles. The van der Waals surface area contributed by atoms with Gasteiger partial charge in [-0.25, -0.2) is 4.98 Å². The minimum Gasteiger partial charge on any atom is -0.346 e. The number of carbonyl (C=O) groups is 1. The standard InChI is InChI=1S/C8H11ClN2OS/c1-5(9)7(12)11-6(2)8-10-3-4-13-8/h3-6H,1-2H3,(H,11,12). The fraction of sp³-hybridized carbons (Fsp3) is 0.500. The van der Waals surface area contributed by atoms with Crippen LogP contribution in [0.3, 0.4) is 0 Å². The summed E-state index contributed by atoms with van der Waals surface area (Å²) in [5, 5.41) is 5.03. The van der Waals surface area contributed by atoms with Crippen molar-refractivity contribution in [3.05, 3.63) is 16.6 Å². The number of halogens is 1. The average molecular weight is 219 g/mol. The third-order valence-electron chi connectivity index (χ3n) is 1.54. The first-order valence-electron chi connectivity index (χ1n) is 3.95. The second kappa shape index (κ2) is 4.58. The Morgan fingerprint density at radius 3 is 2.85 bits per heavy atom. The summed E-state index contributed by atoms with van der Waals surface area (Å²) in [6.07, 6.45) is 1.72.